The van der Waals surface area contributed by atoms with Gasteiger partial charge in [0.15, 0.2) is 0 Å². The summed E-state index contributed by atoms with van der Waals surface area (Å²) in [6.07, 6.45) is 3.15. The summed E-state index contributed by atoms with van der Waals surface area (Å²) in [7, 11) is 0. The number of hydrogen-bond acceptors (Lipinski definition) is 2. The molecule has 0 spiro atoms. The average molecular weight is 350 g/mol. The predicted octanol–water partition coefficient (Wildman–Crippen LogP) is 3.67. The highest BCUT2D eigenvalue weighted by Gasteiger charge is 2.33. The molecule has 4 heteroatoms. The molecule has 3 rings (SSSR count). The van der Waals surface area contributed by atoms with Gasteiger partial charge in [-0.15, -0.1) is 0 Å². The summed E-state index contributed by atoms with van der Waals surface area (Å²) in [5.74, 6) is -0.238. The lowest BCUT2D eigenvalue weighted by molar-refractivity contribution is -0.128. The minimum atomic E-state index is -0.259. The molecule has 1 atom stereocenters. The van der Waals surface area contributed by atoms with Gasteiger partial charge in [0.2, 0.25) is 11.8 Å². The third-order valence-corrected chi connectivity index (χ3v) is 4.95. The van der Waals surface area contributed by atoms with Crippen LogP contribution in [0, 0.1) is 5.92 Å². The van der Waals surface area contributed by atoms with Crippen LogP contribution in [-0.4, -0.2) is 29.8 Å². The lowest BCUT2D eigenvalue weighted by Gasteiger charge is -2.16. The first-order valence-corrected chi connectivity index (χ1v) is 9.37. The van der Waals surface area contributed by atoms with E-state index in [9.17, 15) is 9.59 Å². The highest BCUT2D eigenvalue weighted by atomic mass is 16.2. The fraction of sp³-hybridized carbons (Fsp3) is 0.364. The molecule has 0 aliphatic carbocycles. The normalized spacial score (nSPS) is 16.7. The van der Waals surface area contributed by atoms with Gasteiger partial charge in [-0.05, 0) is 42.5 Å². The zero-order valence-electron chi connectivity index (χ0n) is 15.3. The van der Waals surface area contributed by atoms with Crippen molar-refractivity contribution < 1.29 is 9.59 Å². The number of benzene rings is 2. The number of nitrogens with one attached hydrogen (secondary N) is 1. The molecule has 1 unspecified atom stereocenters. The van der Waals surface area contributed by atoms with Crippen LogP contribution in [0.15, 0.2) is 54.6 Å². The summed E-state index contributed by atoms with van der Waals surface area (Å²) < 4.78 is 0. The molecule has 2 aromatic carbocycles. The minimum Gasteiger partial charge on any atom is -0.342 e. The van der Waals surface area contributed by atoms with Crippen molar-refractivity contribution in [3.05, 3.63) is 65.7 Å². The maximum Gasteiger partial charge on any atom is 0.229 e. The zero-order chi connectivity index (χ0) is 18.4. The predicted molar refractivity (Wildman–Crippen MR) is 104 cm³/mol. The maximum absolute atomic E-state index is 12.5. The van der Waals surface area contributed by atoms with E-state index in [1.54, 1.807) is 0 Å². The van der Waals surface area contributed by atoms with Gasteiger partial charge in [0.05, 0.1) is 5.92 Å². The van der Waals surface area contributed by atoms with Crippen LogP contribution in [0.2, 0.25) is 0 Å². The molecule has 0 saturated carbocycles. The van der Waals surface area contributed by atoms with Crippen LogP contribution in [0.3, 0.4) is 0 Å². The van der Waals surface area contributed by atoms with E-state index in [-0.39, 0.29) is 17.7 Å². The number of carbonyl (C=O) groups is 2. The second kappa shape index (κ2) is 8.65. The van der Waals surface area contributed by atoms with Crippen molar-refractivity contribution in [1.82, 2.24) is 4.90 Å². The van der Waals surface area contributed by atoms with E-state index in [1.807, 2.05) is 47.4 Å². The Morgan fingerprint density at radius 2 is 1.81 bits per heavy atom. The summed E-state index contributed by atoms with van der Waals surface area (Å²) in [4.78, 5) is 26.5. The first kappa shape index (κ1) is 18.2. The van der Waals surface area contributed by atoms with E-state index in [4.69, 9.17) is 0 Å². The Morgan fingerprint density at radius 1 is 1.08 bits per heavy atom. The molecule has 1 saturated heterocycles. The standard InChI is InChI=1S/C22H26N2O2/c1-2-17-10-12-20(13-11-17)23-22(26)19-15-21(25)24(16-19)14-6-9-18-7-4-3-5-8-18/h3-5,7-8,10-13,19H,2,6,9,14-16H2,1H3,(H,23,26). The number of nitrogens with zero attached hydrogens (tertiary/aromatic N) is 1. The quantitative estimate of drug-likeness (QED) is 0.828. The van der Waals surface area contributed by atoms with Crippen LogP contribution < -0.4 is 5.32 Å². The molecule has 0 radical (unpaired) electrons. The Labute approximate surface area is 155 Å². The summed E-state index contributed by atoms with van der Waals surface area (Å²) in [6, 6.07) is 18.2. The van der Waals surface area contributed by atoms with Gasteiger partial charge in [0, 0.05) is 25.2 Å². The minimum absolute atomic E-state index is 0.0619. The number of amides is 2. The Hall–Kier alpha value is -2.62. The van der Waals surface area contributed by atoms with Crippen molar-refractivity contribution in [3.63, 3.8) is 0 Å². The van der Waals surface area contributed by atoms with Gasteiger partial charge < -0.3 is 10.2 Å². The van der Waals surface area contributed by atoms with E-state index in [0.717, 1.165) is 24.9 Å². The van der Waals surface area contributed by atoms with Gasteiger partial charge in [-0.1, -0.05) is 49.4 Å². The fourth-order valence-electron chi connectivity index (χ4n) is 3.35. The molecule has 1 aliphatic rings. The SMILES string of the molecule is CCc1ccc(NC(=O)C2CC(=O)N(CCCc3ccccc3)C2)cc1. The maximum atomic E-state index is 12.5. The average Bonchev–Trinajstić information content (AvgIpc) is 3.04. The van der Waals surface area contributed by atoms with E-state index in [2.05, 4.69) is 24.4 Å². The first-order chi connectivity index (χ1) is 12.7. The van der Waals surface area contributed by atoms with E-state index >= 15 is 0 Å². The molecule has 2 aromatic rings. The summed E-state index contributed by atoms with van der Waals surface area (Å²) in [6.45, 7) is 3.33. The van der Waals surface area contributed by atoms with Gasteiger partial charge in [0.25, 0.3) is 0 Å². The third-order valence-electron chi connectivity index (χ3n) is 4.95. The summed E-state index contributed by atoms with van der Waals surface area (Å²) >= 11 is 0. The Kier molecular flexibility index (Phi) is 6.05. The lowest BCUT2D eigenvalue weighted by Crippen LogP contribution is -2.29. The Morgan fingerprint density at radius 3 is 2.50 bits per heavy atom. The van der Waals surface area contributed by atoms with Crippen LogP contribution in [0.5, 0.6) is 0 Å². The van der Waals surface area contributed by atoms with Crippen LogP contribution in [0.4, 0.5) is 5.69 Å². The van der Waals surface area contributed by atoms with Crippen LogP contribution in [0.25, 0.3) is 0 Å². The Bertz CT molecular complexity index is 740. The molecule has 0 bridgehead atoms. The second-order valence-corrected chi connectivity index (χ2v) is 6.87. The summed E-state index contributed by atoms with van der Waals surface area (Å²) in [5, 5.41) is 2.94. The zero-order valence-corrected chi connectivity index (χ0v) is 15.3. The molecule has 1 heterocycles. The number of hydrogen-bond donors (Lipinski definition) is 1. The van der Waals surface area contributed by atoms with Gasteiger partial charge >= 0.3 is 0 Å². The summed E-state index contributed by atoms with van der Waals surface area (Å²) in [5.41, 5.74) is 3.31. The molecule has 26 heavy (non-hydrogen) atoms. The van der Waals surface area contributed by atoms with Crippen LogP contribution in [-0.2, 0) is 22.4 Å². The van der Waals surface area contributed by atoms with Gasteiger partial charge in [-0.2, -0.15) is 0 Å². The molecule has 1 fully saturated rings. The second-order valence-electron chi connectivity index (χ2n) is 6.87. The van der Waals surface area contributed by atoms with Gasteiger partial charge in [-0.25, -0.2) is 0 Å². The molecule has 136 valence electrons. The molecule has 2 amide bonds. The molecule has 0 aromatic heterocycles. The molecular formula is C22H26N2O2. The highest BCUT2D eigenvalue weighted by Crippen LogP contribution is 2.21. The lowest BCUT2D eigenvalue weighted by atomic mass is 10.1. The Balaban J connectivity index is 1.47. The third kappa shape index (κ3) is 4.72. The molecule has 4 nitrogen and oxygen atoms in total. The van der Waals surface area contributed by atoms with E-state index < -0.39 is 0 Å². The molecule has 1 N–H and O–H groups in total. The highest BCUT2D eigenvalue weighted by molar-refractivity contribution is 5.97. The number of likely N-dealkylation sites (tertiary alicyclic amines) is 1. The monoisotopic (exact) mass is 350 g/mol. The van der Waals surface area contributed by atoms with Gasteiger partial charge in [0.1, 0.15) is 0 Å². The first-order valence-electron chi connectivity index (χ1n) is 9.37. The van der Waals surface area contributed by atoms with Crippen LogP contribution in [0.1, 0.15) is 30.9 Å². The molecular weight excluding hydrogens is 324 g/mol. The number of anilines is 1. The fourth-order valence-corrected chi connectivity index (χ4v) is 3.35. The van der Waals surface area contributed by atoms with Crippen molar-refractivity contribution in [2.45, 2.75) is 32.6 Å². The van der Waals surface area contributed by atoms with Crippen molar-refractivity contribution >= 4 is 17.5 Å². The van der Waals surface area contributed by atoms with Crippen molar-refractivity contribution in [2.75, 3.05) is 18.4 Å². The largest absolute Gasteiger partial charge is 0.342 e. The van der Waals surface area contributed by atoms with Gasteiger partial charge in [-0.3, -0.25) is 9.59 Å². The van der Waals surface area contributed by atoms with E-state index in [0.29, 0.717) is 19.5 Å². The number of aryl methyl sites for hydroxylation is 2. The van der Waals surface area contributed by atoms with Crippen molar-refractivity contribution in [1.29, 1.82) is 0 Å². The van der Waals surface area contributed by atoms with Crippen molar-refractivity contribution in [3.8, 4) is 0 Å². The van der Waals surface area contributed by atoms with E-state index in [1.165, 1.54) is 11.1 Å². The number of rotatable bonds is 7. The topological polar surface area (TPSA) is 49.4 Å². The molecule has 1 aliphatic heterocycles. The van der Waals surface area contributed by atoms with Crippen molar-refractivity contribution in [2.24, 2.45) is 5.92 Å². The van der Waals surface area contributed by atoms with Crippen LogP contribution >= 0.6 is 0 Å². The smallest absolute Gasteiger partial charge is 0.229 e. The number of carbonyl (C=O) groups excluding carboxylic acids is 2.